The van der Waals surface area contributed by atoms with E-state index < -0.39 is 34.5 Å². The van der Waals surface area contributed by atoms with E-state index in [4.69, 9.17) is 16.3 Å². The number of esters is 1. The first-order valence-corrected chi connectivity index (χ1v) is 9.44. The molecule has 0 saturated carbocycles. The Morgan fingerprint density at radius 1 is 1.12 bits per heavy atom. The molecule has 7 nitrogen and oxygen atoms in total. The topological polar surface area (TPSA) is 102 Å². The number of nitrogens with one attached hydrogen (secondary N) is 2. The van der Waals surface area contributed by atoms with Crippen LogP contribution >= 0.6 is 11.6 Å². The lowest BCUT2D eigenvalue weighted by Crippen LogP contribution is -2.35. The number of benzene rings is 2. The third kappa shape index (κ3) is 5.83. The molecule has 0 unspecified atom stereocenters. The maximum Gasteiger partial charge on any atom is 0.321 e. The van der Waals surface area contributed by atoms with Gasteiger partial charge in [-0.15, -0.1) is 0 Å². The van der Waals surface area contributed by atoms with Crippen molar-refractivity contribution in [1.29, 1.82) is 0 Å². The summed E-state index contributed by atoms with van der Waals surface area (Å²) in [5.41, 5.74) is 0.454. The lowest BCUT2D eigenvalue weighted by Gasteiger charge is -2.14. The molecule has 0 aromatic heterocycles. The third-order valence-corrected chi connectivity index (χ3v) is 4.88. The number of hydrogen-bond acceptors (Lipinski definition) is 5. The number of carbonyl (C=O) groups is 2. The SMILES string of the molecule is C[C@@H](OC(=O)CNS(=O)(=O)c1ccccc1)C(=O)Nc1cccc(Cl)c1. The second-order valence-corrected chi connectivity index (χ2v) is 7.47. The molecule has 2 aromatic rings. The Hall–Kier alpha value is -2.42. The third-order valence-electron chi connectivity index (χ3n) is 3.23. The van der Waals surface area contributed by atoms with E-state index in [-0.39, 0.29) is 4.90 Å². The molecule has 0 bridgehead atoms. The summed E-state index contributed by atoms with van der Waals surface area (Å²) in [6.45, 7) is 0.787. The normalized spacial score (nSPS) is 12.2. The van der Waals surface area contributed by atoms with Crippen LogP contribution in [0, 0.1) is 0 Å². The minimum absolute atomic E-state index is 0.0274. The van der Waals surface area contributed by atoms with Crippen molar-refractivity contribution in [2.24, 2.45) is 0 Å². The van der Waals surface area contributed by atoms with Crippen LogP contribution in [-0.2, 0) is 24.3 Å². The largest absolute Gasteiger partial charge is 0.452 e. The smallest absolute Gasteiger partial charge is 0.321 e. The molecule has 1 atom stereocenters. The van der Waals surface area contributed by atoms with Gasteiger partial charge in [0, 0.05) is 10.7 Å². The van der Waals surface area contributed by atoms with E-state index in [0.29, 0.717) is 10.7 Å². The van der Waals surface area contributed by atoms with Gasteiger partial charge in [-0.1, -0.05) is 35.9 Å². The molecule has 26 heavy (non-hydrogen) atoms. The fourth-order valence-corrected chi connectivity index (χ4v) is 3.12. The van der Waals surface area contributed by atoms with Crippen molar-refractivity contribution in [2.45, 2.75) is 17.9 Å². The summed E-state index contributed by atoms with van der Waals surface area (Å²) >= 11 is 5.82. The molecule has 2 aromatic carbocycles. The van der Waals surface area contributed by atoms with Gasteiger partial charge in [0.05, 0.1) is 4.90 Å². The number of ether oxygens (including phenoxy) is 1. The van der Waals surface area contributed by atoms with Crippen LogP contribution in [0.5, 0.6) is 0 Å². The number of amides is 1. The predicted octanol–water partition coefficient (Wildman–Crippen LogP) is 2.19. The summed E-state index contributed by atoms with van der Waals surface area (Å²) in [6, 6.07) is 14.1. The lowest BCUT2D eigenvalue weighted by atomic mass is 10.3. The first kappa shape index (κ1) is 19.9. The van der Waals surface area contributed by atoms with Gasteiger partial charge in [0.2, 0.25) is 10.0 Å². The number of sulfonamides is 1. The quantitative estimate of drug-likeness (QED) is 0.698. The number of carbonyl (C=O) groups excluding carboxylic acids is 2. The zero-order chi connectivity index (χ0) is 19.2. The van der Waals surface area contributed by atoms with Gasteiger partial charge in [0.25, 0.3) is 5.91 Å². The van der Waals surface area contributed by atoms with Gasteiger partial charge in [0.1, 0.15) is 6.54 Å². The van der Waals surface area contributed by atoms with Gasteiger partial charge in [-0.25, -0.2) is 8.42 Å². The molecule has 0 aliphatic carbocycles. The van der Waals surface area contributed by atoms with Gasteiger partial charge in [-0.05, 0) is 37.3 Å². The molecule has 0 aliphatic heterocycles. The molecule has 1 amide bonds. The van der Waals surface area contributed by atoms with Crippen LogP contribution in [0.4, 0.5) is 5.69 Å². The summed E-state index contributed by atoms with van der Waals surface area (Å²) < 4.78 is 31.1. The summed E-state index contributed by atoms with van der Waals surface area (Å²) in [6.07, 6.45) is -1.11. The Kier molecular flexibility index (Phi) is 6.73. The molecule has 0 aliphatic rings. The van der Waals surface area contributed by atoms with Gasteiger partial charge in [0.15, 0.2) is 6.10 Å². The van der Waals surface area contributed by atoms with Crippen LogP contribution in [0.3, 0.4) is 0 Å². The van der Waals surface area contributed by atoms with Crippen molar-refractivity contribution >= 4 is 39.2 Å². The Morgan fingerprint density at radius 2 is 1.81 bits per heavy atom. The van der Waals surface area contributed by atoms with Gasteiger partial charge in [-0.3, -0.25) is 9.59 Å². The van der Waals surface area contributed by atoms with E-state index in [2.05, 4.69) is 10.0 Å². The summed E-state index contributed by atoms with van der Waals surface area (Å²) in [4.78, 5) is 23.8. The van der Waals surface area contributed by atoms with Crippen LogP contribution in [-0.4, -0.2) is 32.9 Å². The van der Waals surface area contributed by atoms with Crippen LogP contribution < -0.4 is 10.0 Å². The highest BCUT2D eigenvalue weighted by Crippen LogP contribution is 2.15. The minimum atomic E-state index is -3.83. The molecule has 2 N–H and O–H groups in total. The fourth-order valence-electron chi connectivity index (χ4n) is 1.94. The Morgan fingerprint density at radius 3 is 2.46 bits per heavy atom. The molecule has 9 heteroatoms. The fraction of sp³-hybridized carbons (Fsp3) is 0.176. The standard InChI is InChI=1S/C17H17ClN2O5S/c1-12(17(22)20-14-7-5-6-13(18)10-14)25-16(21)11-19-26(23,24)15-8-3-2-4-9-15/h2-10,12,19H,11H2,1H3,(H,20,22)/t12-/m1/s1. The maximum atomic E-state index is 12.0. The van der Waals surface area contributed by atoms with Crippen molar-refractivity contribution in [2.75, 3.05) is 11.9 Å². The molecule has 0 heterocycles. The molecule has 0 fully saturated rings. The number of hydrogen-bond donors (Lipinski definition) is 2. The molecule has 138 valence electrons. The average molecular weight is 397 g/mol. The van der Waals surface area contributed by atoms with E-state index in [1.807, 2.05) is 0 Å². The van der Waals surface area contributed by atoms with Crippen LogP contribution in [0.2, 0.25) is 5.02 Å². The first-order valence-electron chi connectivity index (χ1n) is 7.58. The van der Waals surface area contributed by atoms with E-state index in [0.717, 1.165) is 0 Å². The summed E-state index contributed by atoms with van der Waals surface area (Å²) in [5, 5.41) is 2.99. The number of anilines is 1. The van der Waals surface area contributed by atoms with Gasteiger partial charge >= 0.3 is 5.97 Å². The Bertz CT molecular complexity index is 887. The predicted molar refractivity (Wildman–Crippen MR) is 97.3 cm³/mol. The highest BCUT2D eigenvalue weighted by Gasteiger charge is 2.20. The average Bonchev–Trinajstić information content (AvgIpc) is 2.61. The van der Waals surface area contributed by atoms with E-state index in [1.54, 1.807) is 42.5 Å². The van der Waals surface area contributed by atoms with Crippen molar-refractivity contribution < 1.29 is 22.7 Å². The molecular weight excluding hydrogens is 380 g/mol. The van der Waals surface area contributed by atoms with Gasteiger partial charge in [-0.2, -0.15) is 4.72 Å². The first-order chi connectivity index (χ1) is 12.3. The number of rotatable bonds is 7. The molecule has 0 spiro atoms. The summed E-state index contributed by atoms with van der Waals surface area (Å²) in [7, 11) is -3.83. The minimum Gasteiger partial charge on any atom is -0.452 e. The van der Waals surface area contributed by atoms with Crippen molar-refractivity contribution in [3.05, 3.63) is 59.6 Å². The van der Waals surface area contributed by atoms with Crippen LogP contribution in [0.15, 0.2) is 59.5 Å². The molecule has 2 rings (SSSR count). The highest BCUT2D eigenvalue weighted by molar-refractivity contribution is 7.89. The number of halogens is 1. The van der Waals surface area contributed by atoms with Crippen LogP contribution in [0.25, 0.3) is 0 Å². The molecular formula is C17H17ClN2O5S. The monoisotopic (exact) mass is 396 g/mol. The molecule has 0 saturated heterocycles. The zero-order valence-corrected chi connectivity index (χ0v) is 15.4. The second kappa shape index (κ2) is 8.79. The highest BCUT2D eigenvalue weighted by atomic mass is 35.5. The zero-order valence-electron chi connectivity index (χ0n) is 13.8. The van der Waals surface area contributed by atoms with Crippen molar-refractivity contribution in [3.63, 3.8) is 0 Å². The Labute approximate surface area is 156 Å². The maximum absolute atomic E-state index is 12.0. The lowest BCUT2D eigenvalue weighted by molar-refractivity contribution is -0.151. The van der Waals surface area contributed by atoms with E-state index in [9.17, 15) is 18.0 Å². The second-order valence-electron chi connectivity index (χ2n) is 5.27. The van der Waals surface area contributed by atoms with E-state index in [1.165, 1.54) is 19.1 Å². The van der Waals surface area contributed by atoms with Crippen molar-refractivity contribution in [3.8, 4) is 0 Å². The van der Waals surface area contributed by atoms with Gasteiger partial charge < -0.3 is 10.1 Å². The van der Waals surface area contributed by atoms with E-state index >= 15 is 0 Å². The van der Waals surface area contributed by atoms with Crippen LogP contribution in [0.1, 0.15) is 6.92 Å². The Balaban J connectivity index is 1.86. The van der Waals surface area contributed by atoms with Crippen molar-refractivity contribution in [1.82, 2.24) is 4.72 Å². The summed E-state index contributed by atoms with van der Waals surface area (Å²) in [5.74, 6) is -1.44. The molecule has 0 radical (unpaired) electrons.